The number of carbonyl (C=O) groups is 1. The number of aryl methyl sites for hydroxylation is 2. The maximum Gasteiger partial charge on any atom is 0.256 e. The first-order chi connectivity index (χ1) is 8.49. The Hall–Kier alpha value is -1.62. The summed E-state index contributed by atoms with van der Waals surface area (Å²) in [5.41, 5.74) is 3.61. The highest BCUT2D eigenvalue weighted by atomic mass is 79.9. The quantitative estimate of drug-likeness (QED) is 0.894. The molecular weight excluding hydrogens is 294 g/mol. The second kappa shape index (κ2) is 4.94. The first kappa shape index (κ1) is 12.8. The van der Waals surface area contributed by atoms with E-state index >= 15 is 0 Å². The number of rotatable bonds is 2. The minimum atomic E-state index is -0.162. The van der Waals surface area contributed by atoms with Gasteiger partial charge in [0.15, 0.2) is 5.82 Å². The minimum absolute atomic E-state index is 0.162. The Morgan fingerprint density at radius 1 is 1.33 bits per heavy atom. The van der Waals surface area contributed by atoms with Gasteiger partial charge < -0.3 is 5.32 Å². The fourth-order valence-corrected chi connectivity index (χ4v) is 1.90. The predicted molar refractivity (Wildman–Crippen MR) is 74.9 cm³/mol. The van der Waals surface area contributed by atoms with Crippen LogP contribution in [0.2, 0.25) is 0 Å². The molecule has 0 bridgehead atoms. The van der Waals surface area contributed by atoms with Gasteiger partial charge in [-0.05, 0) is 38.5 Å². The highest BCUT2D eigenvalue weighted by Gasteiger charge is 2.11. The van der Waals surface area contributed by atoms with Crippen LogP contribution >= 0.6 is 15.9 Å². The van der Waals surface area contributed by atoms with Crippen molar-refractivity contribution in [2.24, 2.45) is 0 Å². The fourth-order valence-electron chi connectivity index (χ4n) is 1.52. The number of benzene rings is 1. The number of amides is 1. The number of H-pyrrole nitrogens is 1. The summed E-state index contributed by atoms with van der Waals surface area (Å²) in [7, 11) is 0. The Morgan fingerprint density at radius 2 is 2.06 bits per heavy atom. The molecule has 0 atom stereocenters. The Balaban J connectivity index is 2.22. The molecule has 2 aromatic rings. The summed E-state index contributed by atoms with van der Waals surface area (Å²) in [6.07, 6.45) is 0. The topological polar surface area (TPSA) is 57.8 Å². The van der Waals surface area contributed by atoms with Gasteiger partial charge in [-0.2, -0.15) is 5.10 Å². The molecule has 1 aromatic carbocycles. The summed E-state index contributed by atoms with van der Waals surface area (Å²) in [6, 6.07) is 5.51. The molecule has 1 heterocycles. The molecule has 0 aliphatic carbocycles. The van der Waals surface area contributed by atoms with Gasteiger partial charge in [-0.25, -0.2) is 0 Å². The molecule has 2 rings (SSSR count). The van der Waals surface area contributed by atoms with E-state index in [1.54, 1.807) is 12.1 Å². The van der Waals surface area contributed by atoms with Gasteiger partial charge in [0.25, 0.3) is 5.91 Å². The molecule has 0 saturated carbocycles. The lowest BCUT2D eigenvalue weighted by Gasteiger charge is -2.05. The third-order valence-electron chi connectivity index (χ3n) is 2.92. The minimum Gasteiger partial charge on any atom is -0.305 e. The van der Waals surface area contributed by atoms with Gasteiger partial charge in [-0.3, -0.25) is 9.89 Å². The third-order valence-corrected chi connectivity index (χ3v) is 3.77. The maximum atomic E-state index is 12.1. The number of anilines is 1. The normalized spacial score (nSPS) is 10.4. The van der Waals surface area contributed by atoms with Crippen LogP contribution in [-0.2, 0) is 0 Å². The van der Waals surface area contributed by atoms with E-state index in [4.69, 9.17) is 0 Å². The molecule has 1 amide bonds. The van der Waals surface area contributed by atoms with Gasteiger partial charge in [-0.1, -0.05) is 22.0 Å². The zero-order valence-corrected chi connectivity index (χ0v) is 12.1. The van der Waals surface area contributed by atoms with Crippen LogP contribution in [0.1, 0.15) is 27.2 Å². The summed E-state index contributed by atoms with van der Waals surface area (Å²) in [6.45, 7) is 5.81. The molecule has 1 aromatic heterocycles. The highest BCUT2D eigenvalue weighted by molar-refractivity contribution is 9.10. The molecule has 5 heteroatoms. The number of hydrogen-bond donors (Lipinski definition) is 2. The average Bonchev–Trinajstić information content (AvgIpc) is 2.64. The molecule has 0 fully saturated rings. The van der Waals surface area contributed by atoms with Crippen LogP contribution in [0.3, 0.4) is 0 Å². The second-order valence-corrected chi connectivity index (χ2v) is 5.09. The molecule has 94 valence electrons. The zero-order chi connectivity index (χ0) is 13.3. The molecular formula is C13H14BrN3O. The van der Waals surface area contributed by atoms with Crippen LogP contribution in [0.4, 0.5) is 5.82 Å². The molecule has 0 aliphatic heterocycles. The first-order valence-corrected chi connectivity index (χ1v) is 6.37. The van der Waals surface area contributed by atoms with E-state index in [-0.39, 0.29) is 5.91 Å². The third kappa shape index (κ3) is 2.46. The monoisotopic (exact) mass is 307 g/mol. The molecule has 2 N–H and O–H groups in total. The number of carbonyl (C=O) groups excluding carboxylic acids is 1. The lowest BCUT2D eigenvalue weighted by Crippen LogP contribution is -2.13. The van der Waals surface area contributed by atoms with Crippen LogP contribution in [0.25, 0.3) is 0 Å². The number of halogens is 1. The second-order valence-electron chi connectivity index (χ2n) is 4.24. The summed E-state index contributed by atoms with van der Waals surface area (Å²) in [5, 5.41) is 9.68. The van der Waals surface area contributed by atoms with E-state index in [0.29, 0.717) is 11.4 Å². The van der Waals surface area contributed by atoms with Gasteiger partial charge in [-0.15, -0.1) is 0 Å². The van der Waals surface area contributed by atoms with Crippen molar-refractivity contribution in [1.82, 2.24) is 10.2 Å². The highest BCUT2D eigenvalue weighted by Crippen LogP contribution is 2.19. The maximum absolute atomic E-state index is 12.1. The van der Waals surface area contributed by atoms with E-state index in [2.05, 4.69) is 31.4 Å². The summed E-state index contributed by atoms with van der Waals surface area (Å²) in [5.74, 6) is 0.416. The van der Waals surface area contributed by atoms with Crippen LogP contribution < -0.4 is 5.32 Å². The van der Waals surface area contributed by atoms with Crippen molar-refractivity contribution in [1.29, 1.82) is 0 Å². The Labute approximate surface area is 114 Å². The predicted octanol–water partition coefficient (Wildman–Crippen LogP) is 3.35. The van der Waals surface area contributed by atoms with Crippen molar-refractivity contribution in [3.05, 3.63) is 45.1 Å². The SMILES string of the molecule is Cc1ccc(C(=O)Nc2n[nH]c(C)c2C)cc1Br. The zero-order valence-electron chi connectivity index (χ0n) is 10.5. The molecule has 4 nitrogen and oxygen atoms in total. The van der Waals surface area contributed by atoms with Gasteiger partial charge >= 0.3 is 0 Å². The molecule has 0 spiro atoms. The van der Waals surface area contributed by atoms with Crippen LogP contribution in [0, 0.1) is 20.8 Å². The van der Waals surface area contributed by atoms with Gasteiger partial charge in [0, 0.05) is 21.3 Å². The van der Waals surface area contributed by atoms with Crippen molar-refractivity contribution in [2.75, 3.05) is 5.32 Å². The molecule has 0 saturated heterocycles. The van der Waals surface area contributed by atoms with Gasteiger partial charge in [0.2, 0.25) is 0 Å². The van der Waals surface area contributed by atoms with Crippen LogP contribution in [-0.4, -0.2) is 16.1 Å². The summed E-state index contributed by atoms with van der Waals surface area (Å²) < 4.78 is 0.921. The van der Waals surface area contributed by atoms with Crippen molar-refractivity contribution in [3.63, 3.8) is 0 Å². The van der Waals surface area contributed by atoms with E-state index < -0.39 is 0 Å². The molecule has 0 aliphatic rings. The number of aromatic nitrogens is 2. The number of nitrogens with zero attached hydrogens (tertiary/aromatic N) is 1. The lowest BCUT2D eigenvalue weighted by molar-refractivity contribution is 0.102. The van der Waals surface area contributed by atoms with Crippen molar-refractivity contribution in [3.8, 4) is 0 Å². The lowest BCUT2D eigenvalue weighted by atomic mass is 10.1. The van der Waals surface area contributed by atoms with Crippen LogP contribution in [0.5, 0.6) is 0 Å². The Morgan fingerprint density at radius 3 is 2.61 bits per heavy atom. The average molecular weight is 308 g/mol. The van der Waals surface area contributed by atoms with E-state index in [1.165, 1.54) is 0 Å². The summed E-state index contributed by atoms with van der Waals surface area (Å²) >= 11 is 3.42. The van der Waals surface area contributed by atoms with E-state index in [9.17, 15) is 4.79 Å². The van der Waals surface area contributed by atoms with Crippen molar-refractivity contribution < 1.29 is 4.79 Å². The molecule has 0 radical (unpaired) electrons. The van der Waals surface area contributed by atoms with Crippen molar-refractivity contribution in [2.45, 2.75) is 20.8 Å². The molecule has 0 unspecified atom stereocenters. The van der Waals surface area contributed by atoms with Crippen LogP contribution in [0.15, 0.2) is 22.7 Å². The van der Waals surface area contributed by atoms with Gasteiger partial charge in [0.1, 0.15) is 0 Å². The Bertz CT molecular complexity index is 604. The number of nitrogens with one attached hydrogen (secondary N) is 2. The van der Waals surface area contributed by atoms with Crippen molar-refractivity contribution >= 4 is 27.7 Å². The smallest absolute Gasteiger partial charge is 0.256 e. The fraction of sp³-hybridized carbons (Fsp3) is 0.231. The Kier molecular flexibility index (Phi) is 3.52. The largest absolute Gasteiger partial charge is 0.305 e. The summed E-state index contributed by atoms with van der Waals surface area (Å²) in [4.78, 5) is 12.1. The van der Waals surface area contributed by atoms with E-state index in [1.807, 2.05) is 26.8 Å². The standard InChI is InChI=1S/C13H14BrN3O/c1-7-4-5-10(6-11(7)14)13(18)15-12-8(2)9(3)16-17-12/h4-6H,1-3H3,(H2,15,16,17,18). The first-order valence-electron chi connectivity index (χ1n) is 5.58. The number of aromatic amines is 1. The van der Waals surface area contributed by atoms with E-state index in [0.717, 1.165) is 21.3 Å². The number of hydrogen-bond acceptors (Lipinski definition) is 2. The molecule has 18 heavy (non-hydrogen) atoms. The van der Waals surface area contributed by atoms with Gasteiger partial charge in [0.05, 0.1) is 0 Å².